The van der Waals surface area contributed by atoms with Crippen LogP contribution in [0, 0.1) is 24.6 Å². The second-order valence-electron chi connectivity index (χ2n) is 7.32. The fraction of sp³-hybridized carbons (Fsp3) is 0.250. The number of hydrogen-bond donors (Lipinski definition) is 0. The van der Waals surface area contributed by atoms with Crippen LogP contribution in [0.1, 0.15) is 46.0 Å². The molecular formula is C24H22FN3. The van der Waals surface area contributed by atoms with E-state index >= 15 is 0 Å². The topological polar surface area (TPSA) is 29.0 Å². The van der Waals surface area contributed by atoms with Crippen LogP contribution in [-0.4, -0.2) is 28.7 Å². The van der Waals surface area contributed by atoms with Crippen LogP contribution in [0.3, 0.4) is 0 Å². The summed E-state index contributed by atoms with van der Waals surface area (Å²) in [4.78, 5) is 2.28. The summed E-state index contributed by atoms with van der Waals surface area (Å²) < 4.78 is 14.5. The molecule has 0 saturated heterocycles. The molecule has 0 amide bonds. The summed E-state index contributed by atoms with van der Waals surface area (Å²) >= 11 is 0. The van der Waals surface area contributed by atoms with Gasteiger partial charge in [0.2, 0.25) is 0 Å². The average molecular weight is 371 g/mol. The van der Waals surface area contributed by atoms with E-state index in [0.29, 0.717) is 5.69 Å². The third-order valence-corrected chi connectivity index (χ3v) is 5.17. The maximum absolute atomic E-state index is 14.5. The lowest BCUT2D eigenvalue weighted by atomic mass is 9.85. The van der Waals surface area contributed by atoms with Crippen molar-refractivity contribution in [3.63, 3.8) is 0 Å². The van der Waals surface area contributed by atoms with Crippen molar-refractivity contribution >= 4 is 0 Å². The smallest absolute Gasteiger partial charge is 0.136 e. The Hall–Kier alpha value is -3.03. The predicted molar refractivity (Wildman–Crippen MR) is 108 cm³/mol. The Bertz CT molecular complexity index is 1050. The van der Waals surface area contributed by atoms with Gasteiger partial charge in [0.05, 0.1) is 5.69 Å². The van der Waals surface area contributed by atoms with Gasteiger partial charge in [0, 0.05) is 18.0 Å². The minimum Gasteiger partial charge on any atom is -0.302 e. The molecule has 1 aromatic heterocycles. The van der Waals surface area contributed by atoms with Crippen molar-refractivity contribution in [2.75, 3.05) is 13.6 Å². The molecule has 0 spiro atoms. The summed E-state index contributed by atoms with van der Waals surface area (Å²) in [6.07, 6.45) is 0.897. The van der Waals surface area contributed by atoms with Crippen molar-refractivity contribution in [1.29, 1.82) is 0 Å². The summed E-state index contributed by atoms with van der Waals surface area (Å²) in [5.41, 5.74) is 5.63. The highest BCUT2D eigenvalue weighted by Gasteiger charge is 2.24. The highest BCUT2D eigenvalue weighted by molar-refractivity contribution is 5.47. The SMILES string of the molecule is Cc1ccc(C#Cc2ccc3c(c2)CN(C)CCC3c2ccccc2F)nn1. The largest absolute Gasteiger partial charge is 0.302 e. The van der Waals surface area contributed by atoms with E-state index in [1.807, 2.05) is 37.3 Å². The van der Waals surface area contributed by atoms with Gasteiger partial charge in [-0.05, 0) is 79.9 Å². The van der Waals surface area contributed by atoms with Gasteiger partial charge in [0.25, 0.3) is 0 Å². The molecule has 0 saturated carbocycles. The van der Waals surface area contributed by atoms with Crippen LogP contribution in [0.2, 0.25) is 0 Å². The van der Waals surface area contributed by atoms with Crippen LogP contribution in [0.15, 0.2) is 54.6 Å². The second-order valence-corrected chi connectivity index (χ2v) is 7.32. The molecule has 0 N–H and O–H groups in total. The minimum atomic E-state index is -0.134. The summed E-state index contributed by atoms with van der Waals surface area (Å²) in [5.74, 6) is 6.19. The Labute approximate surface area is 165 Å². The van der Waals surface area contributed by atoms with Crippen molar-refractivity contribution < 1.29 is 4.39 Å². The molecule has 1 aliphatic heterocycles. The number of aromatic nitrogens is 2. The van der Waals surface area contributed by atoms with E-state index < -0.39 is 0 Å². The van der Waals surface area contributed by atoms with Crippen molar-refractivity contribution in [2.24, 2.45) is 0 Å². The summed E-state index contributed by atoms with van der Waals surface area (Å²) in [7, 11) is 2.10. The van der Waals surface area contributed by atoms with E-state index in [-0.39, 0.29) is 11.7 Å². The molecule has 2 heterocycles. The van der Waals surface area contributed by atoms with Crippen molar-refractivity contribution in [1.82, 2.24) is 15.1 Å². The summed E-state index contributed by atoms with van der Waals surface area (Å²) in [6, 6.07) is 17.1. The van der Waals surface area contributed by atoms with Crippen molar-refractivity contribution in [3.05, 3.63) is 94.1 Å². The van der Waals surface area contributed by atoms with E-state index in [1.165, 1.54) is 11.1 Å². The Balaban J connectivity index is 1.70. The molecule has 4 rings (SSSR count). The first-order valence-electron chi connectivity index (χ1n) is 9.48. The normalized spacial score (nSPS) is 16.6. The summed E-state index contributed by atoms with van der Waals surface area (Å²) in [6.45, 7) is 3.66. The van der Waals surface area contributed by atoms with E-state index in [4.69, 9.17) is 0 Å². The highest BCUT2D eigenvalue weighted by Crippen LogP contribution is 2.35. The molecule has 28 heavy (non-hydrogen) atoms. The van der Waals surface area contributed by atoms with Gasteiger partial charge in [-0.25, -0.2) is 4.39 Å². The van der Waals surface area contributed by atoms with E-state index in [0.717, 1.165) is 36.3 Å². The minimum absolute atomic E-state index is 0.0612. The van der Waals surface area contributed by atoms with E-state index in [1.54, 1.807) is 12.1 Å². The van der Waals surface area contributed by atoms with Crippen molar-refractivity contribution in [3.8, 4) is 11.8 Å². The van der Waals surface area contributed by atoms with Gasteiger partial charge < -0.3 is 4.90 Å². The lowest BCUT2D eigenvalue weighted by molar-refractivity contribution is 0.327. The van der Waals surface area contributed by atoms with Crippen LogP contribution in [0.5, 0.6) is 0 Å². The molecule has 2 aromatic carbocycles. The fourth-order valence-corrected chi connectivity index (χ4v) is 3.72. The number of aryl methyl sites for hydroxylation is 1. The van der Waals surface area contributed by atoms with Gasteiger partial charge in [0.1, 0.15) is 11.5 Å². The first kappa shape index (κ1) is 18.3. The van der Waals surface area contributed by atoms with Crippen LogP contribution in [0.25, 0.3) is 0 Å². The zero-order chi connectivity index (χ0) is 19.5. The number of halogens is 1. The number of rotatable bonds is 1. The molecule has 3 nitrogen and oxygen atoms in total. The Morgan fingerprint density at radius 2 is 1.86 bits per heavy atom. The van der Waals surface area contributed by atoms with Crippen LogP contribution in [-0.2, 0) is 6.54 Å². The van der Waals surface area contributed by atoms with Gasteiger partial charge in [-0.2, -0.15) is 5.10 Å². The number of benzene rings is 2. The molecule has 140 valence electrons. The molecule has 0 fully saturated rings. The lowest BCUT2D eigenvalue weighted by Crippen LogP contribution is -2.17. The van der Waals surface area contributed by atoms with Gasteiger partial charge in [-0.1, -0.05) is 30.2 Å². The molecule has 0 radical (unpaired) electrons. The Morgan fingerprint density at radius 3 is 2.64 bits per heavy atom. The van der Waals surface area contributed by atoms with Crippen LogP contribution < -0.4 is 0 Å². The molecule has 3 aromatic rings. The van der Waals surface area contributed by atoms with Gasteiger partial charge in [0.15, 0.2) is 0 Å². The highest BCUT2D eigenvalue weighted by atomic mass is 19.1. The maximum Gasteiger partial charge on any atom is 0.136 e. The number of fused-ring (bicyclic) bond motifs is 1. The Kier molecular flexibility index (Phi) is 5.18. The lowest BCUT2D eigenvalue weighted by Gasteiger charge is -2.18. The molecule has 0 bridgehead atoms. The monoisotopic (exact) mass is 371 g/mol. The van der Waals surface area contributed by atoms with Gasteiger partial charge in [-0.3, -0.25) is 0 Å². The molecule has 4 heteroatoms. The first-order valence-corrected chi connectivity index (χ1v) is 9.48. The maximum atomic E-state index is 14.5. The first-order chi connectivity index (χ1) is 13.6. The van der Waals surface area contributed by atoms with Gasteiger partial charge in [-0.15, -0.1) is 5.10 Å². The van der Waals surface area contributed by atoms with Crippen LogP contribution in [0.4, 0.5) is 4.39 Å². The summed E-state index contributed by atoms with van der Waals surface area (Å²) in [5, 5.41) is 8.14. The molecule has 1 atom stereocenters. The van der Waals surface area contributed by atoms with E-state index in [9.17, 15) is 4.39 Å². The van der Waals surface area contributed by atoms with Crippen molar-refractivity contribution in [2.45, 2.75) is 25.8 Å². The number of hydrogen-bond acceptors (Lipinski definition) is 3. The average Bonchev–Trinajstić information content (AvgIpc) is 2.86. The predicted octanol–water partition coefficient (Wildman–Crippen LogP) is 4.29. The fourth-order valence-electron chi connectivity index (χ4n) is 3.72. The third-order valence-electron chi connectivity index (χ3n) is 5.17. The molecule has 0 aliphatic carbocycles. The van der Waals surface area contributed by atoms with E-state index in [2.05, 4.69) is 46.1 Å². The molecule has 1 aliphatic rings. The Morgan fingerprint density at radius 1 is 1.00 bits per heavy atom. The second kappa shape index (κ2) is 7.92. The zero-order valence-corrected chi connectivity index (χ0v) is 16.1. The quantitative estimate of drug-likeness (QED) is 0.598. The van der Waals surface area contributed by atoms with Gasteiger partial charge >= 0.3 is 0 Å². The molecular weight excluding hydrogens is 349 g/mol. The standard InChI is InChI=1S/C24H22FN3/c1-17-7-10-20(27-26-17)11-8-18-9-12-21-19(15-18)16-28(2)14-13-22(21)23-5-3-4-6-24(23)25/h3-7,9-10,12,15,22H,13-14,16H2,1-2H3. The number of nitrogens with zero attached hydrogens (tertiary/aromatic N) is 3. The third kappa shape index (κ3) is 3.95. The zero-order valence-electron chi connectivity index (χ0n) is 16.1. The van der Waals surface area contributed by atoms with Crippen LogP contribution >= 0.6 is 0 Å². The molecule has 1 unspecified atom stereocenters.